The van der Waals surface area contributed by atoms with Crippen molar-refractivity contribution in [1.29, 1.82) is 0 Å². The van der Waals surface area contributed by atoms with Gasteiger partial charge in [-0.1, -0.05) is 18.2 Å². The van der Waals surface area contributed by atoms with Gasteiger partial charge in [0.25, 0.3) is 5.91 Å². The fourth-order valence-corrected chi connectivity index (χ4v) is 3.52. The number of ether oxygens (including phenoxy) is 1. The Labute approximate surface area is 156 Å². The number of halogens is 1. The Morgan fingerprint density at radius 3 is 2.89 bits per heavy atom. The van der Waals surface area contributed by atoms with Gasteiger partial charge in [0.15, 0.2) is 0 Å². The van der Waals surface area contributed by atoms with E-state index in [1.54, 1.807) is 54.7 Å². The predicted octanol–water partition coefficient (Wildman–Crippen LogP) is 4.02. The van der Waals surface area contributed by atoms with Gasteiger partial charge in [0.05, 0.1) is 19.3 Å². The van der Waals surface area contributed by atoms with Crippen LogP contribution < -0.4 is 4.74 Å². The zero-order valence-electron chi connectivity index (χ0n) is 14.9. The molecule has 1 aliphatic rings. The fraction of sp³-hybridized carbons (Fsp3) is 0.190. The third-order valence-electron chi connectivity index (χ3n) is 4.87. The lowest BCUT2D eigenvalue weighted by Gasteiger charge is -2.25. The number of carbonyl (C=O) groups is 1. The molecule has 1 aliphatic heterocycles. The summed E-state index contributed by atoms with van der Waals surface area (Å²) in [6.45, 7) is 0.490. The van der Waals surface area contributed by atoms with Crippen LogP contribution >= 0.6 is 0 Å². The molecule has 6 heteroatoms. The molecular weight excluding hydrogens is 345 g/mol. The largest absolute Gasteiger partial charge is 0.496 e. The van der Waals surface area contributed by atoms with Gasteiger partial charge in [-0.2, -0.15) is 5.10 Å². The van der Waals surface area contributed by atoms with Crippen molar-refractivity contribution in [2.45, 2.75) is 12.5 Å². The van der Waals surface area contributed by atoms with E-state index in [1.807, 2.05) is 12.5 Å². The summed E-state index contributed by atoms with van der Waals surface area (Å²) in [4.78, 5) is 14.8. The Morgan fingerprint density at radius 1 is 1.30 bits per heavy atom. The number of rotatable bonds is 4. The van der Waals surface area contributed by atoms with Crippen LogP contribution in [0.15, 0.2) is 54.9 Å². The molecule has 4 rings (SSSR count). The Hall–Kier alpha value is -3.15. The first-order chi connectivity index (χ1) is 13.2. The van der Waals surface area contributed by atoms with Crippen LogP contribution in [0.1, 0.15) is 28.4 Å². The second-order valence-corrected chi connectivity index (χ2v) is 6.42. The number of methoxy groups -OCH3 is 1. The van der Waals surface area contributed by atoms with E-state index in [0.717, 1.165) is 11.1 Å². The van der Waals surface area contributed by atoms with Gasteiger partial charge in [0.2, 0.25) is 0 Å². The lowest BCUT2D eigenvalue weighted by molar-refractivity contribution is 0.0735. The van der Waals surface area contributed by atoms with Crippen LogP contribution in [0.3, 0.4) is 0 Å². The van der Waals surface area contributed by atoms with E-state index in [1.165, 1.54) is 6.07 Å². The third kappa shape index (κ3) is 3.18. The number of hydrogen-bond acceptors (Lipinski definition) is 3. The summed E-state index contributed by atoms with van der Waals surface area (Å²) in [5, 5.41) is 6.72. The van der Waals surface area contributed by atoms with Crippen LogP contribution in [-0.4, -0.2) is 34.7 Å². The van der Waals surface area contributed by atoms with E-state index in [9.17, 15) is 9.18 Å². The van der Waals surface area contributed by atoms with Gasteiger partial charge in [-0.15, -0.1) is 0 Å². The van der Waals surface area contributed by atoms with E-state index in [2.05, 4.69) is 10.2 Å². The van der Waals surface area contributed by atoms with Crippen molar-refractivity contribution in [2.75, 3.05) is 13.7 Å². The van der Waals surface area contributed by atoms with Gasteiger partial charge < -0.3 is 9.64 Å². The number of amides is 1. The molecule has 27 heavy (non-hydrogen) atoms. The van der Waals surface area contributed by atoms with Crippen molar-refractivity contribution in [3.8, 4) is 16.9 Å². The highest BCUT2D eigenvalue weighted by atomic mass is 19.1. The van der Waals surface area contributed by atoms with E-state index in [0.29, 0.717) is 29.8 Å². The second-order valence-electron chi connectivity index (χ2n) is 6.42. The molecule has 0 aliphatic carbocycles. The first-order valence-corrected chi connectivity index (χ1v) is 8.73. The Kier molecular flexibility index (Phi) is 4.62. The minimum absolute atomic E-state index is 0.144. The smallest absolute Gasteiger partial charge is 0.254 e. The van der Waals surface area contributed by atoms with Crippen molar-refractivity contribution >= 4 is 5.91 Å². The summed E-state index contributed by atoms with van der Waals surface area (Å²) in [5.74, 6) is 0.158. The number of hydrogen-bond donors (Lipinski definition) is 1. The first kappa shape index (κ1) is 17.3. The van der Waals surface area contributed by atoms with Gasteiger partial charge in [0, 0.05) is 35.0 Å². The molecule has 1 N–H and O–H groups in total. The zero-order chi connectivity index (χ0) is 18.8. The number of likely N-dealkylation sites (tertiary alicyclic amines) is 1. The number of carbonyl (C=O) groups excluding carboxylic acids is 1. The lowest BCUT2D eigenvalue weighted by atomic mass is 10.0. The van der Waals surface area contributed by atoms with Crippen LogP contribution in [-0.2, 0) is 0 Å². The summed E-state index contributed by atoms with van der Waals surface area (Å²) in [6, 6.07) is 11.7. The number of aromatic nitrogens is 2. The Balaban J connectivity index is 1.65. The van der Waals surface area contributed by atoms with Crippen LogP contribution in [0.4, 0.5) is 4.39 Å². The fourth-order valence-electron chi connectivity index (χ4n) is 3.52. The van der Waals surface area contributed by atoms with E-state index in [4.69, 9.17) is 4.74 Å². The monoisotopic (exact) mass is 364 g/mol. The molecule has 0 saturated carbocycles. The predicted molar refractivity (Wildman–Crippen MR) is 99.7 cm³/mol. The molecule has 2 heterocycles. The zero-order valence-corrected chi connectivity index (χ0v) is 14.9. The number of nitrogens with zero attached hydrogens (tertiary/aromatic N) is 2. The van der Waals surface area contributed by atoms with Gasteiger partial charge in [-0.3, -0.25) is 9.89 Å². The number of aromatic amines is 1. The van der Waals surface area contributed by atoms with Crippen LogP contribution in [0.5, 0.6) is 5.75 Å². The molecule has 137 valence electrons. The molecule has 1 fully saturated rings. The molecule has 3 aromatic rings. The molecule has 1 saturated heterocycles. The number of H-pyrrole nitrogens is 1. The van der Waals surface area contributed by atoms with Crippen molar-refractivity contribution in [1.82, 2.24) is 15.1 Å². The molecular formula is C21H19FN3O2. The molecule has 1 amide bonds. The van der Waals surface area contributed by atoms with Gasteiger partial charge in [0.1, 0.15) is 11.6 Å². The maximum absolute atomic E-state index is 14.2. The maximum Gasteiger partial charge on any atom is 0.254 e. The van der Waals surface area contributed by atoms with Crippen molar-refractivity contribution in [3.05, 3.63) is 78.2 Å². The highest BCUT2D eigenvalue weighted by Gasteiger charge is 2.32. The quantitative estimate of drug-likeness (QED) is 0.761. The van der Waals surface area contributed by atoms with E-state index < -0.39 is 0 Å². The number of nitrogens with one attached hydrogen (secondary N) is 1. The first-order valence-electron chi connectivity index (χ1n) is 8.73. The van der Waals surface area contributed by atoms with E-state index >= 15 is 0 Å². The van der Waals surface area contributed by atoms with Gasteiger partial charge in [-0.05, 0) is 37.1 Å². The Morgan fingerprint density at radius 2 is 2.15 bits per heavy atom. The third-order valence-corrected chi connectivity index (χ3v) is 4.87. The van der Waals surface area contributed by atoms with Crippen LogP contribution in [0.2, 0.25) is 0 Å². The molecule has 1 aromatic heterocycles. The molecule has 1 atom stereocenters. The van der Waals surface area contributed by atoms with Crippen LogP contribution in [0, 0.1) is 12.2 Å². The minimum Gasteiger partial charge on any atom is -0.496 e. The summed E-state index contributed by atoms with van der Waals surface area (Å²) in [7, 11) is 1.57. The normalized spacial score (nSPS) is 16.5. The average Bonchev–Trinajstić information content (AvgIpc) is 3.39. The summed E-state index contributed by atoms with van der Waals surface area (Å²) >= 11 is 0. The van der Waals surface area contributed by atoms with Crippen molar-refractivity contribution in [2.24, 2.45) is 0 Å². The van der Waals surface area contributed by atoms with Crippen LogP contribution in [0.25, 0.3) is 11.1 Å². The SMILES string of the molecule is COc1cc(C(=O)N2C[CH]C[C@@H]2c2ccccc2F)ccc1-c1cn[nH]c1. The summed E-state index contributed by atoms with van der Waals surface area (Å²) in [6.07, 6.45) is 6.11. The van der Waals surface area contributed by atoms with E-state index in [-0.39, 0.29) is 17.8 Å². The Bertz CT molecular complexity index is 956. The highest BCUT2D eigenvalue weighted by molar-refractivity contribution is 5.96. The molecule has 2 aromatic carbocycles. The molecule has 0 unspecified atom stereocenters. The average molecular weight is 364 g/mol. The van der Waals surface area contributed by atoms with Gasteiger partial charge in [-0.25, -0.2) is 4.39 Å². The summed E-state index contributed by atoms with van der Waals surface area (Å²) in [5.41, 5.74) is 2.78. The lowest BCUT2D eigenvalue weighted by Crippen LogP contribution is -2.31. The molecule has 5 nitrogen and oxygen atoms in total. The topological polar surface area (TPSA) is 58.2 Å². The number of benzene rings is 2. The van der Waals surface area contributed by atoms with Gasteiger partial charge >= 0.3 is 0 Å². The maximum atomic E-state index is 14.2. The second kappa shape index (κ2) is 7.23. The molecule has 1 radical (unpaired) electrons. The van der Waals surface area contributed by atoms with Crippen molar-refractivity contribution in [3.63, 3.8) is 0 Å². The molecule has 0 bridgehead atoms. The molecule has 0 spiro atoms. The van der Waals surface area contributed by atoms with Crippen molar-refractivity contribution < 1.29 is 13.9 Å². The minimum atomic E-state index is -0.293. The summed E-state index contributed by atoms with van der Waals surface area (Å²) < 4.78 is 19.7. The standard InChI is InChI=1S/C21H19FN3O2/c1-27-20-11-14(8-9-16(20)15-12-23-24-13-15)21(26)25-10-4-7-19(25)17-5-2-3-6-18(17)22/h2-6,8-9,11-13,19H,7,10H2,1H3,(H,23,24)/t19-/m1/s1. The highest BCUT2D eigenvalue weighted by Crippen LogP contribution is 2.35.